The molecule has 0 fully saturated rings. The van der Waals surface area contributed by atoms with E-state index in [1.165, 1.54) is 6.20 Å². The number of carbonyl (C=O) groups excluding carboxylic acids is 1. The lowest BCUT2D eigenvalue weighted by Crippen LogP contribution is -2.36. The van der Waals surface area contributed by atoms with Gasteiger partial charge in [-0.25, -0.2) is 4.79 Å². The summed E-state index contributed by atoms with van der Waals surface area (Å²) in [5, 5.41) is 27.4. The van der Waals surface area contributed by atoms with Gasteiger partial charge in [-0.15, -0.1) is 0 Å². The van der Waals surface area contributed by atoms with E-state index in [-0.39, 0.29) is 19.1 Å². The van der Waals surface area contributed by atoms with Crippen LogP contribution in [-0.2, 0) is 11.3 Å². The second-order valence-corrected chi connectivity index (χ2v) is 8.61. The summed E-state index contributed by atoms with van der Waals surface area (Å²) < 4.78 is 7.20. The van der Waals surface area contributed by atoms with Crippen LogP contribution in [0.3, 0.4) is 0 Å². The third-order valence-corrected chi connectivity index (χ3v) is 5.71. The highest BCUT2D eigenvalue weighted by molar-refractivity contribution is 5.79. The number of amides is 1. The lowest BCUT2D eigenvalue weighted by atomic mass is 9.98. The van der Waals surface area contributed by atoms with Gasteiger partial charge < -0.3 is 20.3 Å². The van der Waals surface area contributed by atoms with Gasteiger partial charge in [-0.1, -0.05) is 62.4 Å². The van der Waals surface area contributed by atoms with Crippen molar-refractivity contribution in [3.05, 3.63) is 77.6 Å². The van der Waals surface area contributed by atoms with Crippen LogP contribution in [-0.4, -0.2) is 45.3 Å². The van der Waals surface area contributed by atoms with Crippen molar-refractivity contribution < 1.29 is 19.7 Å². The SMILES string of the molecule is CC(C)Cn1cc(C(O)C(O)CNC(=O)OCC2c3ccccc3-c3ccccc32)cn1. The fourth-order valence-corrected chi connectivity index (χ4v) is 4.18. The molecule has 1 aromatic heterocycles. The van der Waals surface area contributed by atoms with Gasteiger partial charge in [0, 0.05) is 30.8 Å². The zero-order valence-corrected chi connectivity index (χ0v) is 18.3. The molecule has 0 aliphatic heterocycles. The number of nitrogens with one attached hydrogen (secondary N) is 1. The molecule has 3 aromatic rings. The third kappa shape index (κ3) is 4.69. The molecule has 32 heavy (non-hydrogen) atoms. The van der Waals surface area contributed by atoms with Gasteiger partial charge in [0.2, 0.25) is 0 Å². The van der Waals surface area contributed by atoms with Crippen LogP contribution in [0.4, 0.5) is 4.79 Å². The molecule has 0 radical (unpaired) electrons. The van der Waals surface area contributed by atoms with E-state index in [4.69, 9.17) is 4.74 Å². The molecule has 2 aromatic carbocycles. The average Bonchev–Trinajstić information content (AvgIpc) is 3.37. The van der Waals surface area contributed by atoms with Crippen LogP contribution in [0.5, 0.6) is 0 Å². The summed E-state index contributed by atoms with van der Waals surface area (Å²) in [6.07, 6.45) is 0.288. The first kappa shape index (κ1) is 22.0. The number of hydrogen-bond acceptors (Lipinski definition) is 5. The maximum Gasteiger partial charge on any atom is 0.407 e. The molecule has 0 spiro atoms. The van der Waals surface area contributed by atoms with Gasteiger partial charge in [0.25, 0.3) is 0 Å². The van der Waals surface area contributed by atoms with E-state index in [9.17, 15) is 15.0 Å². The van der Waals surface area contributed by atoms with Crippen LogP contribution in [0, 0.1) is 5.92 Å². The van der Waals surface area contributed by atoms with Crippen LogP contribution < -0.4 is 5.32 Å². The molecule has 7 heteroatoms. The molecule has 168 valence electrons. The van der Waals surface area contributed by atoms with Gasteiger partial charge in [-0.2, -0.15) is 5.10 Å². The van der Waals surface area contributed by atoms with E-state index >= 15 is 0 Å². The normalized spacial score (nSPS) is 14.7. The Kier molecular flexibility index (Phi) is 6.58. The summed E-state index contributed by atoms with van der Waals surface area (Å²) in [7, 11) is 0. The Morgan fingerprint density at radius 2 is 1.72 bits per heavy atom. The standard InChI is InChI=1S/C25H29N3O4/c1-16(2)13-28-14-17(11-27-28)24(30)23(29)12-26-25(31)32-15-22-20-9-5-3-7-18(20)19-8-4-6-10-21(19)22/h3-11,14,16,22-24,29-30H,12-13,15H2,1-2H3,(H,26,31). The molecule has 4 rings (SSSR count). The fraction of sp³-hybridized carbons (Fsp3) is 0.360. The van der Waals surface area contributed by atoms with Gasteiger partial charge in [0.15, 0.2) is 0 Å². The quantitative estimate of drug-likeness (QED) is 0.503. The fourth-order valence-electron chi connectivity index (χ4n) is 4.18. The number of ether oxygens (including phenoxy) is 1. The summed E-state index contributed by atoms with van der Waals surface area (Å²) in [6, 6.07) is 16.2. The highest BCUT2D eigenvalue weighted by atomic mass is 16.5. The third-order valence-electron chi connectivity index (χ3n) is 5.71. The maximum atomic E-state index is 12.3. The van der Waals surface area contributed by atoms with Crippen molar-refractivity contribution in [1.29, 1.82) is 0 Å². The summed E-state index contributed by atoms with van der Waals surface area (Å²) in [5.41, 5.74) is 5.10. The molecule has 1 heterocycles. The number of nitrogens with zero attached hydrogens (tertiary/aromatic N) is 2. The topological polar surface area (TPSA) is 96.6 Å². The van der Waals surface area contributed by atoms with E-state index in [1.807, 2.05) is 24.3 Å². The van der Waals surface area contributed by atoms with Crippen LogP contribution in [0.1, 0.15) is 42.6 Å². The first-order chi connectivity index (χ1) is 15.4. The minimum Gasteiger partial charge on any atom is -0.449 e. The van der Waals surface area contributed by atoms with Crippen molar-refractivity contribution in [2.45, 2.75) is 38.5 Å². The zero-order valence-electron chi connectivity index (χ0n) is 18.3. The molecule has 1 aliphatic rings. The van der Waals surface area contributed by atoms with Crippen molar-refractivity contribution in [2.24, 2.45) is 5.92 Å². The summed E-state index contributed by atoms with van der Waals surface area (Å²) in [4.78, 5) is 12.3. The highest BCUT2D eigenvalue weighted by Gasteiger charge is 2.29. The number of aliphatic hydroxyl groups is 2. The minimum atomic E-state index is -1.17. The van der Waals surface area contributed by atoms with E-state index in [0.29, 0.717) is 11.5 Å². The number of carbonyl (C=O) groups is 1. The molecule has 0 saturated heterocycles. The molecule has 2 atom stereocenters. The maximum absolute atomic E-state index is 12.3. The first-order valence-corrected chi connectivity index (χ1v) is 10.9. The molecule has 1 aliphatic carbocycles. The Bertz CT molecular complexity index is 1030. The number of hydrogen-bond donors (Lipinski definition) is 3. The van der Waals surface area contributed by atoms with Crippen molar-refractivity contribution in [2.75, 3.05) is 13.2 Å². The van der Waals surface area contributed by atoms with Crippen molar-refractivity contribution >= 4 is 6.09 Å². The van der Waals surface area contributed by atoms with Crippen molar-refractivity contribution in [3.8, 4) is 11.1 Å². The summed E-state index contributed by atoms with van der Waals surface area (Å²) in [5.74, 6) is 0.385. The number of aliphatic hydroxyl groups excluding tert-OH is 2. The molecular formula is C25H29N3O4. The smallest absolute Gasteiger partial charge is 0.407 e. The predicted molar refractivity (Wildman–Crippen MR) is 121 cm³/mol. The Morgan fingerprint density at radius 1 is 1.09 bits per heavy atom. The van der Waals surface area contributed by atoms with E-state index in [0.717, 1.165) is 28.8 Å². The van der Waals surface area contributed by atoms with Gasteiger partial charge >= 0.3 is 6.09 Å². The Labute approximate surface area is 187 Å². The number of aromatic nitrogens is 2. The number of fused-ring (bicyclic) bond motifs is 3. The zero-order chi connectivity index (χ0) is 22.7. The van der Waals surface area contributed by atoms with E-state index in [2.05, 4.69) is 48.5 Å². The van der Waals surface area contributed by atoms with Gasteiger partial charge in [0.1, 0.15) is 18.8 Å². The predicted octanol–water partition coefficient (Wildman–Crippen LogP) is 3.47. The number of benzene rings is 2. The molecule has 0 bridgehead atoms. The van der Waals surface area contributed by atoms with Gasteiger partial charge in [-0.05, 0) is 28.2 Å². The molecule has 3 N–H and O–H groups in total. The Hall–Kier alpha value is -3.16. The van der Waals surface area contributed by atoms with E-state index < -0.39 is 18.3 Å². The monoisotopic (exact) mass is 435 g/mol. The van der Waals surface area contributed by atoms with Gasteiger partial charge in [0.05, 0.1) is 6.20 Å². The van der Waals surface area contributed by atoms with Crippen LogP contribution in [0.25, 0.3) is 11.1 Å². The lowest BCUT2D eigenvalue weighted by Gasteiger charge is -2.18. The molecule has 0 saturated carbocycles. The second-order valence-electron chi connectivity index (χ2n) is 8.61. The van der Waals surface area contributed by atoms with Crippen LogP contribution >= 0.6 is 0 Å². The number of alkyl carbamates (subject to hydrolysis) is 1. The lowest BCUT2D eigenvalue weighted by molar-refractivity contribution is 0.0185. The molecule has 2 unspecified atom stereocenters. The van der Waals surface area contributed by atoms with Crippen LogP contribution in [0.2, 0.25) is 0 Å². The largest absolute Gasteiger partial charge is 0.449 e. The van der Waals surface area contributed by atoms with Gasteiger partial charge in [-0.3, -0.25) is 4.68 Å². The molecular weight excluding hydrogens is 406 g/mol. The van der Waals surface area contributed by atoms with Crippen molar-refractivity contribution in [1.82, 2.24) is 15.1 Å². The van der Waals surface area contributed by atoms with Crippen molar-refractivity contribution in [3.63, 3.8) is 0 Å². The van der Waals surface area contributed by atoms with E-state index in [1.54, 1.807) is 10.9 Å². The Morgan fingerprint density at radius 3 is 2.34 bits per heavy atom. The molecule has 1 amide bonds. The average molecular weight is 436 g/mol. The summed E-state index contributed by atoms with van der Waals surface area (Å²) in [6.45, 7) is 4.93. The first-order valence-electron chi connectivity index (χ1n) is 10.9. The highest BCUT2D eigenvalue weighted by Crippen LogP contribution is 2.44. The minimum absolute atomic E-state index is 0.0320. The Balaban J connectivity index is 1.30. The number of rotatable bonds is 8. The van der Waals surface area contributed by atoms with Crippen LogP contribution in [0.15, 0.2) is 60.9 Å². The molecule has 7 nitrogen and oxygen atoms in total. The second kappa shape index (κ2) is 9.54. The summed E-state index contributed by atoms with van der Waals surface area (Å²) >= 11 is 0.